The summed E-state index contributed by atoms with van der Waals surface area (Å²) in [7, 11) is 3.63. The maximum absolute atomic E-state index is 9.37. The Balaban J connectivity index is 2.92. The molecule has 2 aromatic rings. The number of methoxy groups -OCH3 is 1. The van der Waals surface area contributed by atoms with Crippen molar-refractivity contribution in [3.8, 4) is 5.75 Å². The number of nitrogens with zero attached hydrogens (tertiary/aromatic N) is 1. The number of benzene rings is 1. The zero-order valence-corrected chi connectivity index (χ0v) is 10.2. The normalized spacial score (nSPS) is 11.1. The van der Waals surface area contributed by atoms with Crippen molar-refractivity contribution in [3.63, 3.8) is 0 Å². The lowest BCUT2D eigenvalue weighted by Crippen LogP contribution is -1.98. The van der Waals surface area contributed by atoms with Gasteiger partial charge in [0.1, 0.15) is 5.75 Å². The van der Waals surface area contributed by atoms with Crippen LogP contribution in [0.3, 0.4) is 0 Å². The van der Waals surface area contributed by atoms with E-state index < -0.39 is 0 Å². The van der Waals surface area contributed by atoms with Crippen LogP contribution in [0.1, 0.15) is 16.8 Å². The fourth-order valence-corrected chi connectivity index (χ4v) is 2.30. The van der Waals surface area contributed by atoms with Crippen molar-refractivity contribution in [1.82, 2.24) is 4.57 Å². The molecule has 0 aliphatic rings. The lowest BCUT2D eigenvalue weighted by Gasteiger charge is -2.07. The Hall–Kier alpha value is -1.48. The second-order valence-electron chi connectivity index (χ2n) is 4.15. The fourth-order valence-electron chi connectivity index (χ4n) is 2.30. The van der Waals surface area contributed by atoms with E-state index in [0.717, 1.165) is 27.9 Å². The van der Waals surface area contributed by atoms with Crippen LogP contribution in [0.5, 0.6) is 5.75 Å². The van der Waals surface area contributed by atoms with Gasteiger partial charge in [0, 0.05) is 18.1 Å². The van der Waals surface area contributed by atoms with E-state index in [2.05, 4.69) is 6.07 Å². The number of hydrogen-bond donors (Lipinski definition) is 1. The summed E-state index contributed by atoms with van der Waals surface area (Å²) in [6.07, 6.45) is 0. The summed E-state index contributed by atoms with van der Waals surface area (Å²) >= 11 is 0. The Labute approximate surface area is 95.3 Å². The monoisotopic (exact) mass is 219 g/mol. The minimum absolute atomic E-state index is 0.0548. The Morgan fingerprint density at radius 1 is 1.31 bits per heavy atom. The average molecular weight is 219 g/mol. The molecule has 0 unspecified atom stereocenters. The van der Waals surface area contributed by atoms with Crippen LogP contribution < -0.4 is 4.74 Å². The van der Waals surface area contributed by atoms with Gasteiger partial charge in [0.25, 0.3) is 0 Å². The second kappa shape index (κ2) is 3.83. The molecule has 1 aromatic heterocycles. The Morgan fingerprint density at radius 3 is 2.56 bits per heavy atom. The van der Waals surface area contributed by atoms with Gasteiger partial charge in [-0.2, -0.15) is 0 Å². The number of aliphatic hydroxyl groups excluding tert-OH is 1. The predicted octanol–water partition coefficient (Wildman–Crippen LogP) is 2.30. The smallest absolute Gasteiger partial charge is 0.143 e. The highest BCUT2D eigenvalue weighted by atomic mass is 16.5. The first-order valence-corrected chi connectivity index (χ1v) is 5.33. The summed E-state index contributed by atoms with van der Waals surface area (Å²) in [5, 5.41) is 10.5. The Bertz CT molecular complexity index is 541. The fraction of sp³-hybridized carbons (Fsp3) is 0.385. The molecule has 16 heavy (non-hydrogen) atoms. The lowest BCUT2D eigenvalue weighted by molar-refractivity contribution is 0.272. The molecule has 0 amide bonds. The molecule has 2 rings (SSSR count). The van der Waals surface area contributed by atoms with Gasteiger partial charge >= 0.3 is 0 Å². The van der Waals surface area contributed by atoms with Crippen molar-refractivity contribution in [3.05, 3.63) is 29.0 Å². The van der Waals surface area contributed by atoms with Gasteiger partial charge in [-0.3, -0.25) is 0 Å². The van der Waals surface area contributed by atoms with Gasteiger partial charge in [0.15, 0.2) is 0 Å². The first kappa shape index (κ1) is 11.0. The Morgan fingerprint density at radius 2 is 2.00 bits per heavy atom. The number of aromatic nitrogens is 1. The average Bonchev–Trinajstić information content (AvgIpc) is 2.50. The quantitative estimate of drug-likeness (QED) is 0.841. The van der Waals surface area contributed by atoms with Crippen LogP contribution >= 0.6 is 0 Å². The topological polar surface area (TPSA) is 34.4 Å². The third-order valence-corrected chi connectivity index (χ3v) is 3.17. The van der Waals surface area contributed by atoms with Crippen molar-refractivity contribution in [2.45, 2.75) is 20.5 Å². The van der Waals surface area contributed by atoms with Crippen molar-refractivity contribution in [1.29, 1.82) is 0 Å². The van der Waals surface area contributed by atoms with E-state index in [9.17, 15) is 5.11 Å². The molecule has 0 aliphatic heterocycles. The summed E-state index contributed by atoms with van der Waals surface area (Å²) in [5.41, 5.74) is 4.29. The molecule has 1 aromatic carbocycles. The number of fused-ring (bicyclic) bond motifs is 1. The van der Waals surface area contributed by atoms with Crippen LogP contribution in [0.15, 0.2) is 12.1 Å². The number of aliphatic hydroxyl groups is 1. The van der Waals surface area contributed by atoms with E-state index in [1.165, 1.54) is 5.56 Å². The lowest BCUT2D eigenvalue weighted by atomic mass is 10.1. The van der Waals surface area contributed by atoms with E-state index in [0.29, 0.717) is 0 Å². The third-order valence-electron chi connectivity index (χ3n) is 3.17. The molecule has 1 N–H and O–H groups in total. The van der Waals surface area contributed by atoms with Crippen LogP contribution in [0.2, 0.25) is 0 Å². The highest BCUT2D eigenvalue weighted by Gasteiger charge is 2.14. The van der Waals surface area contributed by atoms with Gasteiger partial charge < -0.3 is 14.4 Å². The van der Waals surface area contributed by atoms with Crippen LogP contribution in [-0.4, -0.2) is 16.8 Å². The highest BCUT2D eigenvalue weighted by molar-refractivity contribution is 5.91. The number of hydrogen-bond acceptors (Lipinski definition) is 2. The molecular weight excluding hydrogens is 202 g/mol. The third kappa shape index (κ3) is 1.39. The molecule has 86 valence electrons. The van der Waals surface area contributed by atoms with Gasteiger partial charge in [-0.25, -0.2) is 0 Å². The molecule has 3 heteroatoms. The molecule has 0 spiro atoms. The van der Waals surface area contributed by atoms with Gasteiger partial charge in [-0.1, -0.05) is 0 Å². The second-order valence-corrected chi connectivity index (χ2v) is 4.15. The number of rotatable bonds is 2. The minimum atomic E-state index is 0.0548. The number of aryl methyl sites for hydroxylation is 3. The first-order chi connectivity index (χ1) is 7.60. The Kier molecular flexibility index (Phi) is 2.64. The van der Waals surface area contributed by atoms with E-state index >= 15 is 0 Å². The summed E-state index contributed by atoms with van der Waals surface area (Å²) in [6, 6.07) is 4.15. The van der Waals surface area contributed by atoms with Gasteiger partial charge in [-0.05, 0) is 37.1 Å². The standard InChI is InChI=1S/C13H17NO2/c1-8-5-10-9(2)11(7-15)14(3)13(10)12(6-8)16-4/h5-6,15H,7H2,1-4H3. The maximum atomic E-state index is 9.37. The molecule has 1 heterocycles. The summed E-state index contributed by atoms with van der Waals surface area (Å²) in [6.45, 7) is 4.14. The van der Waals surface area contributed by atoms with Gasteiger partial charge in [-0.15, -0.1) is 0 Å². The van der Waals surface area contributed by atoms with E-state index in [4.69, 9.17) is 4.74 Å². The van der Waals surface area contributed by atoms with Gasteiger partial charge in [0.05, 0.1) is 19.2 Å². The van der Waals surface area contributed by atoms with Crippen molar-refractivity contribution < 1.29 is 9.84 Å². The molecule has 0 saturated carbocycles. The molecule has 0 fully saturated rings. The first-order valence-electron chi connectivity index (χ1n) is 5.33. The van der Waals surface area contributed by atoms with E-state index in [1.54, 1.807) is 7.11 Å². The molecule has 0 bridgehead atoms. The SMILES string of the molecule is COc1cc(C)cc2c(C)c(CO)n(C)c12. The van der Waals surface area contributed by atoms with Crippen LogP contribution in [0, 0.1) is 13.8 Å². The summed E-state index contributed by atoms with van der Waals surface area (Å²) in [5.74, 6) is 0.861. The van der Waals surface area contributed by atoms with E-state index in [1.807, 2.05) is 31.5 Å². The molecular formula is C13H17NO2. The summed E-state index contributed by atoms with van der Waals surface area (Å²) in [4.78, 5) is 0. The minimum Gasteiger partial charge on any atom is -0.495 e. The van der Waals surface area contributed by atoms with Gasteiger partial charge in [0.2, 0.25) is 0 Å². The van der Waals surface area contributed by atoms with Crippen molar-refractivity contribution in [2.24, 2.45) is 7.05 Å². The van der Waals surface area contributed by atoms with Crippen LogP contribution in [-0.2, 0) is 13.7 Å². The zero-order valence-electron chi connectivity index (χ0n) is 10.2. The van der Waals surface area contributed by atoms with Crippen LogP contribution in [0.4, 0.5) is 0 Å². The van der Waals surface area contributed by atoms with E-state index in [-0.39, 0.29) is 6.61 Å². The zero-order chi connectivity index (χ0) is 11.9. The predicted molar refractivity (Wildman–Crippen MR) is 64.9 cm³/mol. The molecule has 0 radical (unpaired) electrons. The largest absolute Gasteiger partial charge is 0.495 e. The van der Waals surface area contributed by atoms with Crippen molar-refractivity contribution >= 4 is 10.9 Å². The maximum Gasteiger partial charge on any atom is 0.143 e. The summed E-state index contributed by atoms with van der Waals surface area (Å²) < 4.78 is 7.40. The van der Waals surface area contributed by atoms with Crippen LogP contribution in [0.25, 0.3) is 10.9 Å². The molecule has 3 nitrogen and oxygen atoms in total. The molecule has 0 aliphatic carbocycles. The molecule has 0 saturated heterocycles. The molecule has 0 atom stereocenters. The number of ether oxygens (including phenoxy) is 1. The highest BCUT2D eigenvalue weighted by Crippen LogP contribution is 2.33. The van der Waals surface area contributed by atoms with Crippen molar-refractivity contribution in [2.75, 3.05) is 7.11 Å².